The molecule has 5 nitrogen and oxygen atoms in total. The molecule has 0 saturated carbocycles. The van der Waals surface area contributed by atoms with E-state index in [4.69, 9.17) is 5.73 Å². The number of carbonyl (C=O) groups excluding carboxylic acids is 1. The number of nitrogens with two attached hydrogens (primary N) is 1. The van der Waals surface area contributed by atoms with Crippen LogP contribution < -0.4 is 5.73 Å². The number of hydrogen-bond acceptors (Lipinski definition) is 5. The van der Waals surface area contributed by atoms with Crippen molar-refractivity contribution < 1.29 is 9.90 Å². The number of nitrogens with zero attached hydrogens (tertiary/aromatic N) is 2. The molecular weight excluding hydrogens is 274 g/mol. The van der Waals surface area contributed by atoms with Crippen LogP contribution in [0.4, 0.5) is 0 Å². The van der Waals surface area contributed by atoms with Gasteiger partial charge in [0, 0.05) is 30.9 Å². The van der Waals surface area contributed by atoms with Crippen molar-refractivity contribution in [1.82, 2.24) is 4.90 Å². The molecule has 6 heteroatoms. The van der Waals surface area contributed by atoms with E-state index in [1.165, 1.54) is 6.21 Å². The molecule has 106 valence electrons. The normalized spacial score (nSPS) is 18.1. The Kier molecular flexibility index (Phi) is 5.20. The molecule has 1 aliphatic heterocycles. The molecule has 1 aliphatic rings. The van der Waals surface area contributed by atoms with E-state index in [1.54, 1.807) is 36.0 Å². The van der Waals surface area contributed by atoms with Crippen LogP contribution in [0.25, 0.3) is 0 Å². The number of rotatable bonds is 5. The summed E-state index contributed by atoms with van der Waals surface area (Å²) < 4.78 is 0. The Morgan fingerprint density at radius 3 is 3.00 bits per heavy atom. The topological polar surface area (TPSA) is 78.9 Å². The first-order chi connectivity index (χ1) is 9.66. The standard InChI is InChI=1S/C14H17N3O2S/c15-14-17(8-9-20-14)7-3-6-13(19)16-10-11-4-1-2-5-12(11)18/h1-2,4-5,8-10,14,18H,3,6-7,15H2. The summed E-state index contributed by atoms with van der Waals surface area (Å²) in [6.45, 7) is 0.739. The minimum Gasteiger partial charge on any atom is -0.507 e. The lowest BCUT2D eigenvalue weighted by Crippen LogP contribution is -2.33. The Labute approximate surface area is 122 Å². The predicted molar refractivity (Wildman–Crippen MR) is 81.4 cm³/mol. The highest BCUT2D eigenvalue weighted by atomic mass is 32.2. The van der Waals surface area contributed by atoms with Crippen molar-refractivity contribution in [3.63, 3.8) is 0 Å². The van der Waals surface area contributed by atoms with Gasteiger partial charge in [-0.05, 0) is 24.0 Å². The Morgan fingerprint density at radius 1 is 1.50 bits per heavy atom. The zero-order valence-electron chi connectivity index (χ0n) is 11.0. The van der Waals surface area contributed by atoms with Gasteiger partial charge < -0.3 is 15.7 Å². The molecule has 1 atom stereocenters. The van der Waals surface area contributed by atoms with Crippen LogP contribution in [0.3, 0.4) is 0 Å². The minimum absolute atomic E-state index is 0.0464. The number of benzene rings is 1. The van der Waals surface area contributed by atoms with Gasteiger partial charge in [0.2, 0.25) is 5.91 Å². The smallest absolute Gasteiger partial charge is 0.245 e. The average Bonchev–Trinajstić information content (AvgIpc) is 2.84. The van der Waals surface area contributed by atoms with Crippen LogP contribution >= 0.6 is 11.8 Å². The number of phenols is 1. The number of hydrogen-bond donors (Lipinski definition) is 2. The van der Waals surface area contributed by atoms with E-state index in [-0.39, 0.29) is 17.2 Å². The SMILES string of the molecule is NC1SC=CN1CCCC(=O)N=Cc1ccccc1O. The largest absolute Gasteiger partial charge is 0.507 e. The first kappa shape index (κ1) is 14.6. The van der Waals surface area contributed by atoms with Gasteiger partial charge in [-0.15, -0.1) is 0 Å². The summed E-state index contributed by atoms with van der Waals surface area (Å²) in [6.07, 6.45) is 4.40. The van der Waals surface area contributed by atoms with E-state index in [1.807, 2.05) is 16.5 Å². The van der Waals surface area contributed by atoms with Crippen LogP contribution in [-0.2, 0) is 4.79 Å². The molecule has 3 N–H and O–H groups in total. The molecule has 0 spiro atoms. The number of carbonyl (C=O) groups is 1. The second-order valence-electron chi connectivity index (χ2n) is 4.36. The Hall–Kier alpha value is -1.79. The van der Waals surface area contributed by atoms with E-state index in [2.05, 4.69) is 4.99 Å². The summed E-state index contributed by atoms with van der Waals surface area (Å²) in [5, 5.41) is 11.5. The maximum Gasteiger partial charge on any atom is 0.245 e. The first-order valence-corrected chi connectivity index (χ1v) is 7.29. The maximum absolute atomic E-state index is 11.6. The van der Waals surface area contributed by atoms with Crippen molar-refractivity contribution >= 4 is 23.9 Å². The van der Waals surface area contributed by atoms with Crippen molar-refractivity contribution in [3.05, 3.63) is 41.4 Å². The summed E-state index contributed by atoms with van der Waals surface area (Å²) in [6, 6.07) is 6.77. The fourth-order valence-corrected chi connectivity index (χ4v) is 2.49. The van der Waals surface area contributed by atoms with E-state index >= 15 is 0 Å². The van der Waals surface area contributed by atoms with Gasteiger partial charge in [-0.1, -0.05) is 23.9 Å². The van der Waals surface area contributed by atoms with Crippen LogP contribution in [0, 0.1) is 0 Å². The fourth-order valence-electron chi connectivity index (χ4n) is 1.77. The summed E-state index contributed by atoms with van der Waals surface area (Å²) in [4.78, 5) is 17.5. The fraction of sp³-hybridized carbons (Fsp3) is 0.286. The third kappa shape index (κ3) is 4.11. The minimum atomic E-state index is -0.197. The van der Waals surface area contributed by atoms with Crippen LogP contribution in [0.5, 0.6) is 5.75 Å². The number of thioether (sulfide) groups is 1. The lowest BCUT2D eigenvalue weighted by molar-refractivity contribution is -0.117. The molecule has 0 saturated heterocycles. The van der Waals surface area contributed by atoms with E-state index in [0.717, 1.165) is 6.54 Å². The highest BCUT2D eigenvalue weighted by molar-refractivity contribution is 8.02. The lowest BCUT2D eigenvalue weighted by atomic mass is 10.2. The molecular formula is C14H17N3O2S. The molecule has 1 unspecified atom stereocenters. The number of aliphatic imine (C=N–C) groups is 1. The van der Waals surface area contributed by atoms with Gasteiger partial charge in [-0.25, -0.2) is 4.99 Å². The highest BCUT2D eigenvalue weighted by Gasteiger charge is 2.14. The van der Waals surface area contributed by atoms with E-state index < -0.39 is 0 Å². The third-order valence-corrected chi connectivity index (χ3v) is 3.72. The zero-order chi connectivity index (χ0) is 14.4. The predicted octanol–water partition coefficient (Wildman–Crippen LogP) is 1.88. The molecule has 2 rings (SSSR count). The Bertz CT molecular complexity index is 531. The average molecular weight is 291 g/mol. The summed E-state index contributed by atoms with van der Waals surface area (Å²) >= 11 is 1.55. The van der Waals surface area contributed by atoms with Crippen molar-refractivity contribution in [2.45, 2.75) is 18.3 Å². The van der Waals surface area contributed by atoms with Gasteiger partial charge in [-0.3, -0.25) is 4.79 Å². The number of amides is 1. The zero-order valence-corrected chi connectivity index (χ0v) is 11.8. The van der Waals surface area contributed by atoms with Crippen molar-refractivity contribution in [2.75, 3.05) is 6.54 Å². The number of aromatic hydroxyl groups is 1. The van der Waals surface area contributed by atoms with Gasteiger partial charge in [0.25, 0.3) is 0 Å². The maximum atomic E-state index is 11.6. The molecule has 0 aliphatic carbocycles. The number of phenolic OH excluding ortho intramolecular Hbond substituents is 1. The molecule has 1 heterocycles. The van der Waals surface area contributed by atoms with E-state index in [9.17, 15) is 9.90 Å². The van der Waals surface area contributed by atoms with Crippen LogP contribution in [0.2, 0.25) is 0 Å². The lowest BCUT2D eigenvalue weighted by Gasteiger charge is -2.20. The second kappa shape index (κ2) is 7.12. The summed E-state index contributed by atoms with van der Waals surface area (Å²) in [7, 11) is 0. The van der Waals surface area contributed by atoms with Crippen LogP contribution in [-0.4, -0.2) is 34.2 Å². The van der Waals surface area contributed by atoms with Gasteiger partial charge in [0.05, 0.1) is 0 Å². The molecule has 1 aromatic rings. The first-order valence-electron chi connectivity index (χ1n) is 6.35. The molecule has 1 amide bonds. The third-order valence-electron chi connectivity index (χ3n) is 2.89. The molecule has 1 aromatic carbocycles. The molecule has 0 radical (unpaired) electrons. The van der Waals surface area contributed by atoms with Gasteiger partial charge in [-0.2, -0.15) is 0 Å². The van der Waals surface area contributed by atoms with Crippen LogP contribution in [0.1, 0.15) is 18.4 Å². The van der Waals surface area contributed by atoms with Crippen molar-refractivity contribution in [2.24, 2.45) is 10.7 Å². The molecule has 20 heavy (non-hydrogen) atoms. The monoisotopic (exact) mass is 291 g/mol. The quantitative estimate of drug-likeness (QED) is 0.810. The van der Waals surface area contributed by atoms with E-state index in [0.29, 0.717) is 18.4 Å². The number of para-hydroxylation sites is 1. The van der Waals surface area contributed by atoms with Crippen molar-refractivity contribution in [3.8, 4) is 5.75 Å². The second-order valence-corrected chi connectivity index (χ2v) is 5.39. The molecule has 0 bridgehead atoms. The van der Waals surface area contributed by atoms with Gasteiger partial charge in [0.15, 0.2) is 0 Å². The van der Waals surface area contributed by atoms with Gasteiger partial charge >= 0.3 is 0 Å². The molecule has 0 fully saturated rings. The van der Waals surface area contributed by atoms with Gasteiger partial charge in [0.1, 0.15) is 11.2 Å². The van der Waals surface area contributed by atoms with Crippen LogP contribution in [0.15, 0.2) is 40.9 Å². The summed E-state index contributed by atoms with van der Waals surface area (Å²) in [5.41, 5.74) is 6.33. The summed E-state index contributed by atoms with van der Waals surface area (Å²) in [5.74, 6) is -0.0769. The highest BCUT2D eigenvalue weighted by Crippen LogP contribution is 2.20. The molecule has 0 aromatic heterocycles. The van der Waals surface area contributed by atoms with Crippen molar-refractivity contribution in [1.29, 1.82) is 0 Å². The Morgan fingerprint density at radius 2 is 2.30 bits per heavy atom. The Balaban J connectivity index is 1.75.